The summed E-state index contributed by atoms with van der Waals surface area (Å²) in [5.74, 6) is 0. The van der Waals surface area contributed by atoms with Gasteiger partial charge in [0.15, 0.2) is 0 Å². The molecule has 0 amide bonds. The number of likely N-dealkylation sites (tertiary alicyclic amines) is 1. The molecule has 2 rings (SSSR count). The third-order valence-corrected chi connectivity index (χ3v) is 4.46. The lowest BCUT2D eigenvalue weighted by Crippen LogP contribution is -2.29. The molecule has 0 aliphatic carbocycles. The van der Waals surface area contributed by atoms with Crippen molar-refractivity contribution in [3.05, 3.63) is 11.9 Å². The monoisotopic (exact) mass is 251 g/mol. The van der Waals surface area contributed by atoms with Gasteiger partial charge >= 0.3 is 0 Å². The minimum Gasteiger partial charge on any atom is -0.325 e. The zero-order valence-electron chi connectivity index (χ0n) is 11.6. The van der Waals surface area contributed by atoms with E-state index in [0.29, 0.717) is 12.0 Å². The highest BCUT2D eigenvalue weighted by molar-refractivity contribution is 4.91. The molecular formula is C13H25N5. The first-order valence-corrected chi connectivity index (χ1v) is 7.03. The van der Waals surface area contributed by atoms with Gasteiger partial charge in [0.2, 0.25) is 0 Å². The van der Waals surface area contributed by atoms with E-state index < -0.39 is 0 Å². The highest BCUT2D eigenvalue weighted by Gasteiger charge is 2.34. The maximum atomic E-state index is 5.53. The highest BCUT2D eigenvalue weighted by atomic mass is 15.4. The Kier molecular flexibility index (Phi) is 4.35. The molecular weight excluding hydrogens is 226 g/mol. The number of nitrogens with two attached hydrogens (primary N) is 1. The molecule has 18 heavy (non-hydrogen) atoms. The molecule has 2 N–H and O–H groups in total. The van der Waals surface area contributed by atoms with Crippen LogP contribution >= 0.6 is 0 Å². The van der Waals surface area contributed by atoms with Crippen molar-refractivity contribution >= 4 is 0 Å². The fourth-order valence-electron chi connectivity index (χ4n) is 2.83. The molecule has 1 aliphatic heterocycles. The summed E-state index contributed by atoms with van der Waals surface area (Å²) in [6.07, 6.45) is 5.87. The molecule has 1 saturated heterocycles. The van der Waals surface area contributed by atoms with Crippen LogP contribution in [-0.4, -0.2) is 39.5 Å². The molecule has 0 unspecified atom stereocenters. The minimum absolute atomic E-state index is 0.471. The maximum Gasteiger partial charge on any atom is 0.0962 e. The van der Waals surface area contributed by atoms with Crippen LogP contribution in [0.5, 0.6) is 0 Å². The van der Waals surface area contributed by atoms with E-state index in [0.717, 1.165) is 18.8 Å². The molecule has 5 heteroatoms. The number of hydrogen-bond donors (Lipinski definition) is 1. The van der Waals surface area contributed by atoms with E-state index in [1.54, 1.807) is 0 Å². The molecule has 1 fully saturated rings. The van der Waals surface area contributed by atoms with Gasteiger partial charge in [-0.25, -0.2) is 0 Å². The largest absolute Gasteiger partial charge is 0.325 e. The summed E-state index contributed by atoms with van der Waals surface area (Å²) in [7, 11) is 0. The van der Waals surface area contributed by atoms with Crippen LogP contribution in [0.1, 0.15) is 38.8 Å². The predicted molar refractivity (Wildman–Crippen MR) is 72.0 cm³/mol. The quantitative estimate of drug-likeness (QED) is 0.826. The number of aromatic nitrogens is 3. The van der Waals surface area contributed by atoms with Crippen LogP contribution in [0, 0.1) is 5.41 Å². The average molecular weight is 251 g/mol. The zero-order valence-corrected chi connectivity index (χ0v) is 11.6. The molecule has 0 spiro atoms. The van der Waals surface area contributed by atoms with Gasteiger partial charge in [0.05, 0.1) is 12.2 Å². The molecule has 0 bridgehead atoms. The van der Waals surface area contributed by atoms with Crippen molar-refractivity contribution in [2.75, 3.05) is 19.6 Å². The molecule has 102 valence electrons. The topological polar surface area (TPSA) is 60.0 Å². The van der Waals surface area contributed by atoms with Crippen molar-refractivity contribution in [1.29, 1.82) is 0 Å². The maximum absolute atomic E-state index is 5.53. The Morgan fingerprint density at radius 3 is 2.67 bits per heavy atom. The summed E-state index contributed by atoms with van der Waals surface area (Å²) in [5.41, 5.74) is 6.96. The van der Waals surface area contributed by atoms with Gasteiger partial charge in [-0.3, -0.25) is 4.68 Å². The van der Waals surface area contributed by atoms with Gasteiger partial charge in [-0.2, -0.15) is 0 Å². The minimum atomic E-state index is 0.471. The van der Waals surface area contributed by atoms with Crippen molar-refractivity contribution in [2.45, 2.75) is 46.2 Å². The highest BCUT2D eigenvalue weighted by Crippen LogP contribution is 2.36. The number of rotatable bonds is 6. The molecule has 0 radical (unpaired) electrons. The third-order valence-electron chi connectivity index (χ3n) is 4.46. The van der Waals surface area contributed by atoms with Crippen LogP contribution < -0.4 is 5.73 Å². The summed E-state index contributed by atoms with van der Waals surface area (Å²) in [6, 6.07) is 0. The number of hydrogen-bond acceptors (Lipinski definition) is 4. The van der Waals surface area contributed by atoms with Gasteiger partial charge in [-0.15, -0.1) is 5.10 Å². The molecule has 0 saturated carbocycles. The van der Waals surface area contributed by atoms with Gasteiger partial charge in [0.25, 0.3) is 0 Å². The van der Waals surface area contributed by atoms with Gasteiger partial charge in [0, 0.05) is 25.8 Å². The van der Waals surface area contributed by atoms with Crippen LogP contribution in [0.3, 0.4) is 0 Å². The smallest absolute Gasteiger partial charge is 0.0962 e. The lowest BCUT2D eigenvalue weighted by atomic mass is 9.82. The lowest BCUT2D eigenvalue weighted by molar-refractivity contribution is 0.233. The molecule has 0 atom stereocenters. The Morgan fingerprint density at radius 2 is 2.11 bits per heavy atom. The van der Waals surface area contributed by atoms with Crippen molar-refractivity contribution in [2.24, 2.45) is 11.1 Å². The standard InChI is InChI=1S/C13H25N5/c1-3-13(4-2)5-6-17(11-13)7-8-18-10-12(9-14)15-16-18/h10H,3-9,11,14H2,1-2H3. The first-order chi connectivity index (χ1) is 8.71. The van der Waals surface area contributed by atoms with Crippen molar-refractivity contribution < 1.29 is 0 Å². The fourth-order valence-corrected chi connectivity index (χ4v) is 2.83. The van der Waals surface area contributed by atoms with E-state index in [-0.39, 0.29) is 0 Å². The molecule has 5 nitrogen and oxygen atoms in total. The molecule has 2 heterocycles. The Hall–Kier alpha value is -0.940. The van der Waals surface area contributed by atoms with Crippen LogP contribution in [0.25, 0.3) is 0 Å². The first kappa shape index (κ1) is 13.5. The SMILES string of the molecule is CCC1(CC)CCN(CCn2cc(CN)nn2)C1. The van der Waals surface area contributed by atoms with Gasteiger partial charge in [-0.05, 0) is 31.2 Å². The summed E-state index contributed by atoms with van der Waals surface area (Å²) in [4.78, 5) is 2.55. The van der Waals surface area contributed by atoms with E-state index in [1.807, 2.05) is 10.9 Å². The zero-order chi connectivity index (χ0) is 13.0. The van der Waals surface area contributed by atoms with Gasteiger partial charge < -0.3 is 10.6 Å². The first-order valence-electron chi connectivity index (χ1n) is 7.03. The second kappa shape index (κ2) is 5.80. The Balaban J connectivity index is 1.81. The average Bonchev–Trinajstić information content (AvgIpc) is 3.03. The molecule has 1 aliphatic rings. The molecule has 1 aromatic rings. The molecule has 0 aromatic carbocycles. The number of nitrogens with zero attached hydrogens (tertiary/aromatic N) is 4. The summed E-state index contributed by atoms with van der Waals surface area (Å²) < 4.78 is 1.90. The van der Waals surface area contributed by atoms with E-state index in [1.165, 1.54) is 32.4 Å². The van der Waals surface area contributed by atoms with E-state index in [4.69, 9.17) is 5.73 Å². The lowest BCUT2D eigenvalue weighted by Gasteiger charge is -2.26. The Morgan fingerprint density at radius 1 is 1.33 bits per heavy atom. The third kappa shape index (κ3) is 2.90. The molecule has 1 aromatic heterocycles. The second-order valence-corrected chi connectivity index (χ2v) is 5.41. The Labute approximate surface area is 109 Å². The van der Waals surface area contributed by atoms with E-state index >= 15 is 0 Å². The van der Waals surface area contributed by atoms with Crippen molar-refractivity contribution in [1.82, 2.24) is 19.9 Å². The van der Waals surface area contributed by atoms with Crippen LogP contribution in [0.4, 0.5) is 0 Å². The van der Waals surface area contributed by atoms with Gasteiger partial charge in [0.1, 0.15) is 0 Å². The predicted octanol–water partition coefficient (Wildman–Crippen LogP) is 1.25. The van der Waals surface area contributed by atoms with Crippen LogP contribution in [0.2, 0.25) is 0 Å². The van der Waals surface area contributed by atoms with Gasteiger partial charge in [-0.1, -0.05) is 19.1 Å². The van der Waals surface area contributed by atoms with E-state index in [2.05, 4.69) is 29.1 Å². The summed E-state index contributed by atoms with van der Waals surface area (Å²) in [5, 5.41) is 8.09. The Bertz CT molecular complexity index is 369. The van der Waals surface area contributed by atoms with Crippen LogP contribution in [0.15, 0.2) is 6.20 Å². The fraction of sp³-hybridized carbons (Fsp3) is 0.846. The van der Waals surface area contributed by atoms with E-state index in [9.17, 15) is 0 Å². The normalized spacial score (nSPS) is 19.5. The van der Waals surface area contributed by atoms with Crippen molar-refractivity contribution in [3.8, 4) is 0 Å². The summed E-state index contributed by atoms with van der Waals surface area (Å²) >= 11 is 0. The van der Waals surface area contributed by atoms with Crippen LogP contribution in [-0.2, 0) is 13.1 Å². The van der Waals surface area contributed by atoms with Crippen molar-refractivity contribution in [3.63, 3.8) is 0 Å². The summed E-state index contributed by atoms with van der Waals surface area (Å²) in [6.45, 7) is 9.54. The second-order valence-electron chi connectivity index (χ2n) is 5.41.